The molecule has 10 heteroatoms. The smallest absolute Gasteiger partial charge is 0.282 e. The molecule has 0 radical (unpaired) electrons. The van der Waals surface area contributed by atoms with Gasteiger partial charge in [-0.2, -0.15) is 0 Å². The molecule has 0 fully saturated rings. The Morgan fingerprint density at radius 1 is 1.12 bits per heavy atom. The summed E-state index contributed by atoms with van der Waals surface area (Å²) in [6.07, 6.45) is 1.67. The van der Waals surface area contributed by atoms with E-state index >= 15 is 0 Å². The third-order valence-electron chi connectivity index (χ3n) is 4.25. The van der Waals surface area contributed by atoms with Crippen LogP contribution in [0.15, 0.2) is 36.4 Å². The van der Waals surface area contributed by atoms with Crippen molar-refractivity contribution in [3.63, 3.8) is 0 Å². The van der Waals surface area contributed by atoms with E-state index in [0.717, 1.165) is 16.9 Å². The van der Waals surface area contributed by atoms with Gasteiger partial charge in [-0.05, 0) is 48.4 Å². The predicted molar refractivity (Wildman–Crippen MR) is 122 cm³/mol. The Labute approximate surface area is 193 Å². The SMILES string of the molecule is CCOc1c(OC)cc(/C=C(/Cl)c2nnc(C(=O)NCc3ccc(F)cc3)s2)cc1OC. The first-order valence-electron chi connectivity index (χ1n) is 9.57. The molecule has 7 nitrogen and oxygen atoms in total. The lowest BCUT2D eigenvalue weighted by atomic mass is 10.1. The standard InChI is InChI=1S/C22H21ClFN3O4S/c1-4-31-19-17(29-2)10-14(11-18(19)30-3)9-16(23)21-26-27-22(32-21)20(28)25-12-13-5-7-15(24)8-6-13/h5-11H,4,12H2,1-3H3,(H,25,28)/b16-9+. The van der Waals surface area contributed by atoms with Crippen molar-refractivity contribution >= 4 is 40.0 Å². The third kappa shape index (κ3) is 5.74. The summed E-state index contributed by atoms with van der Waals surface area (Å²) in [7, 11) is 3.07. The molecule has 0 atom stereocenters. The molecule has 0 aliphatic rings. The van der Waals surface area contributed by atoms with Crippen LogP contribution in [-0.2, 0) is 6.54 Å². The van der Waals surface area contributed by atoms with E-state index in [1.807, 2.05) is 6.92 Å². The van der Waals surface area contributed by atoms with Gasteiger partial charge in [0.2, 0.25) is 10.8 Å². The van der Waals surface area contributed by atoms with Crippen LogP contribution in [0.5, 0.6) is 17.2 Å². The zero-order valence-electron chi connectivity index (χ0n) is 17.6. The molecule has 1 amide bonds. The summed E-state index contributed by atoms with van der Waals surface area (Å²) in [5.74, 6) is 0.770. The molecular weight excluding hydrogens is 457 g/mol. The molecule has 0 bridgehead atoms. The minimum atomic E-state index is -0.396. The molecule has 0 unspecified atom stereocenters. The van der Waals surface area contributed by atoms with Crippen molar-refractivity contribution in [2.24, 2.45) is 0 Å². The summed E-state index contributed by atoms with van der Waals surface area (Å²) < 4.78 is 29.4. The van der Waals surface area contributed by atoms with Crippen LogP contribution in [0.3, 0.4) is 0 Å². The van der Waals surface area contributed by atoms with Crippen LogP contribution in [0, 0.1) is 5.82 Å². The third-order valence-corrected chi connectivity index (χ3v) is 5.61. The number of rotatable bonds is 9. The monoisotopic (exact) mass is 477 g/mol. The van der Waals surface area contributed by atoms with Crippen LogP contribution in [0.25, 0.3) is 11.1 Å². The van der Waals surface area contributed by atoms with Crippen molar-refractivity contribution in [1.82, 2.24) is 15.5 Å². The Morgan fingerprint density at radius 3 is 2.34 bits per heavy atom. The molecule has 0 saturated carbocycles. The molecule has 32 heavy (non-hydrogen) atoms. The van der Waals surface area contributed by atoms with E-state index < -0.39 is 5.91 Å². The lowest BCUT2D eigenvalue weighted by Crippen LogP contribution is -2.22. The van der Waals surface area contributed by atoms with Crippen molar-refractivity contribution in [2.45, 2.75) is 13.5 Å². The molecule has 1 N–H and O–H groups in total. The van der Waals surface area contributed by atoms with Crippen LogP contribution in [0.4, 0.5) is 4.39 Å². The number of nitrogens with one attached hydrogen (secondary N) is 1. The number of amides is 1. The van der Waals surface area contributed by atoms with E-state index in [1.165, 1.54) is 26.4 Å². The van der Waals surface area contributed by atoms with Crippen LogP contribution < -0.4 is 19.5 Å². The number of carbonyl (C=O) groups excluding carboxylic acids is 1. The van der Waals surface area contributed by atoms with Gasteiger partial charge < -0.3 is 19.5 Å². The van der Waals surface area contributed by atoms with Gasteiger partial charge in [0, 0.05) is 6.54 Å². The molecule has 0 spiro atoms. The van der Waals surface area contributed by atoms with E-state index in [0.29, 0.717) is 39.5 Å². The number of halogens is 2. The molecule has 168 valence electrons. The molecule has 0 aliphatic carbocycles. The van der Waals surface area contributed by atoms with Gasteiger partial charge >= 0.3 is 0 Å². The summed E-state index contributed by atoms with van der Waals surface area (Å²) in [4.78, 5) is 12.4. The van der Waals surface area contributed by atoms with E-state index in [9.17, 15) is 9.18 Å². The first-order chi connectivity index (χ1) is 15.4. The first kappa shape index (κ1) is 23.5. The van der Waals surface area contributed by atoms with Crippen LogP contribution in [0.2, 0.25) is 0 Å². The Bertz CT molecular complexity index is 1090. The second-order valence-corrected chi connectivity index (χ2v) is 7.79. The summed E-state index contributed by atoms with van der Waals surface area (Å²) in [5.41, 5.74) is 1.46. The van der Waals surface area contributed by atoms with Crippen LogP contribution in [0.1, 0.15) is 32.9 Å². The maximum Gasteiger partial charge on any atom is 0.282 e. The second kappa shape index (κ2) is 10.9. The molecule has 0 aliphatic heterocycles. The zero-order chi connectivity index (χ0) is 23.1. The van der Waals surface area contributed by atoms with Gasteiger partial charge in [-0.15, -0.1) is 10.2 Å². The van der Waals surface area contributed by atoms with Gasteiger partial charge in [0.25, 0.3) is 5.91 Å². The first-order valence-corrected chi connectivity index (χ1v) is 10.8. The normalized spacial score (nSPS) is 11.2. The van der Waals surface area contributed by atoms with Crippen molar-refractivity contribution in [3.8, 4) is 17.2 Å². The van der Waals surface area contributed by atoms with E-state index in [2.05, 4.69) is 15.5 Å². The van der Waals surface area contributed by atoms with Gasteiger partial charge in [0.1, 0.15) is 5.82 Å². The maximum absolute atomic E-state index is 13.0. The number of benzene rings is 2. The Hall–Kier alpha value is -3.17. The highest BCUT2D eigenvalue weighted by molar-refractivity contribution is 7.15. The number of aromatic nitrogens is 2. The maximum atomic E-state index is 13.0. The predicted octanol–water partition coefficient (Wildman–Crippen LogP) is 4.76. The van der Waals surface area contributed by atoms with E-state index in [-0.39, 0.29) is 17.4 Å². The van der Waals surface area contributed by atoms with E-state index in [1.54, 1.807) is 30.3 Å². The van der Waals surface area contributed by atoms with Gasteiger partial charge in [-0.1, -0.05) is 35.1 Å². The van der Waals surface area contributed by atoms with Crippen LogP contribution in [-0.4, -0.2) is 36.9 Å². The number of methoxy groups -OCH3 is 2. The second-order valence-electron chi connectivity index (χ2n) is 6.40. The molecular formula is C22H21ClFN3O4S. The Kier molecular flexibility index (Phi) is 8.02. The average molecular weight is 478 g/mol. The summed E-state index contributed by atoms with van der Waals surface area (Å²) in [6.45, 7) is 2.56. The highest BCUT2D eigenvalue weighted by atomic mass is 35.5. The fourth-order valence-corrected chi connectivity index (χ4v) is 3.70. The summed E-state index contributed by atoms with van der Waals surface area (Å²) in [5, 5.41) is 11.5. The van der Waals surface area contributed by atoms with Gasteiger partial charge in [-0.3, -0.25) is 4.79 Å². The summed E-state index contributed by atoms with van der Waals surface area (Å²) >= 11 is 7.48. The number of hydrogen-bond acceptors (Lipinski definition) is 7. The number of carbonyl (C=O) groups is 1. The van der Waals surface area contributed by atoms with Gasteiger partial charge in [0.05, 0.1) is 25.9 Å². The molecule has 1 aromatic heterocycles. The Morgan fingerprint density at radius 2 is 1.75 bits per heavy atom. The average Bonchev–Trinajstić information content (AvgIpc) is 3.30. The van der Waals surface area contributed by atoms with Crippen molar-refractivity contribution in [1.29, 1.82) is 0 Å². The van der Waals surface area contributed by atoms with Crippen molar-refractivity contribution in [2.75, 3.05) is 20.8 Å². The number of ether oxygens (including phenoxy) is 3. The van der Waals surface area contributed by atoms with Crippen LogP contribution >= 0.6 is 22.9 Å². The molecule has 2 aromatic carbocycles. The molecule has 0 saturated heterocycles. The quantitative estimate of drug-likeness (QED) is 0.478. The molecule has 1 heterocycles. The topological polar surface area (TPSA) is 82.6 Å². The fraction of sp³-hybridized carbons (Fsp3) is 0.227. The molecule has 3 aromatic rings. The number of nitrogens with zero attached hydrogens (tertiary/aromatic N) is 2. The van der Waals surface area contributed by atoms with Crippen molar-refractivity contribution in [3.05, 3.63) is 63.4 Å². The highest BCUT2D eigenvalue weighted by Gasteiger charge is 2.16. The van der Waals surface area contributed by atoms with Crippen molar-refractivity contribution < 1.29 is 23.4 Å². The number of hydrogen-bond donors (Lipinski definition) is 1. The summed E-state index contributed by atoms with van der Waals surface area (Å²) in [6, 6.07) is 9.38. The minimum absolute atomic E-state index is 0.163. The highest BCUT2D eigenvalue weighted by Crippen LogP contribution is 2.39. The molecule has 3 rings (SSSR count). The largest absolute Gasteiger partial charge is 0.493 e. The lowest BCUT2D eigenvalue weighted by molar-refractivity contribution is 0.0950. The van der Waals surface area contributed by atoms with Gasteiger partial charge in [-0.25, -0.2) is 4.39 Å². The fourth-order valence-electron chi connectivity index (χ4n) is 2.75. The zero-order valence-corrected chi connectivity index (χ0v) is 19.2. The minimum Gasteiger partial charge on any atom is -0.493 e. The van der Waals surface area contributed by atoms with Gasteiger partial charge in [0.15, 0.2) is 16.5 Å². The lowest BCUT2D eigenvalue weighted by Gasteiger charge is -2.14. The van der Waals surface area contributed by atoms with E-state index in [4.69, 9.17) is 25.8 Å². The Balaban J connectivity index is 1.75.